The van der Waals surface area contributed by atoms with Gasteiger partial charge >= 0.3 is 0 Å². The number of anilines is 1. The van der Waals surface area contributed by atoms with E-state index < -0.39 is 0 Å². The molecule has 0 aliphatic carbocycles. The van der Waals surface area contributed by atoms with Crippen molar-refractivity contribution < 1.29 is 9.47 Å². The molecule has 0 aromatic carbocycles. The zero-order valence-electron chi connectivity index (χ0n) is 10.9. The van der Waals surface area contributed by atoms with E-state index in [1.165, 1.54) is 0 Å². The van der Waals surface area contributed by atoms with Crippen LogP contribution >= 0.6 is 0 Å². The van der Waals surface area contributed by atoms with Gasteiger partial charge in [0.15, 0.2) is 6.29 Å². The van der Waals surface area contributed by atoms with Gasteiger partial charge < -0.3 is 14.8 Å². The fraction of sp³-hybridized carbons (Fsp3) is 0.500. The Morgan fingerprint density at radius 2 is 1.89 bits per heavy atom. The van der Waals surface area contributed by atoms with E-state index in [4.69, 9.17) is 9.47 Å². The lowest BCUT2D eigenvalue weighted by Gasteiger charge is -2.13. The summed E-state index contributed by atoms with van der Waals surface area (Å²) in [6.45, 7) is 2.28. The van der Waals surface area contributed by atoms with Crippen molar-refractivity contribution in [3.8, 4) is 5.95 Å². The van der Waals surface area contributed by atoms with E-state index in [0.29, 0.717) is 18.4 Å². The first-order chi connectivity index (χ1) is 9.22. The molecule has 0 aliphatic heterocycles. The topological polar surface area (TPSA) is 99.9 Å². The Balaban J connectivity index is 1.98. The van der Waals surface area contributed by atoms with Gasteiger partial charge in [0.25, 0.3) is 11.9 Å². The number of nitrogens with zero attached hydrogens (tertiary/aromatic N) is 6. The zero-order chi connectivity index (χ0) is 13.7. The molecule has 2 heterocycles. The standard InChI is InChI=1S/C10H15N7O2/c1-7-5-17(6-12-7)10-15-13-9(14-16-10)11-4-8(18-2)19-3/h5-6,8H,4H2,1-3H3,(H,11,13,14). The van der Waals surface area contributed by atoms with Crippen LogP contribution in [0.15, 0.2) is 12.5 Å². The molecule has 0 radical (unpaired) electrons. The van der Waals surface area contributed by atoms with Crippen LogP contribution in [-0.2, 0) is 9.47 Å². The van der Waals surface area contributed by atoms with Gasteiger partial charge in [0.1, 0.15) is 6.33 Å². The van der Waals surface area contributed by atoms with Gasteiger partial charge in [0.2, 0.25) is 0 Å². The van der Waals surface area contributed by atoms with Crippen LogP contribution in [0.2, 0.25) is 0 Å². The first-order valence-electron chi connectivity index (χ1n) is 5.60. The number of aromatic nitrogens is 6. The average molecular weight is 265 g/mol. The molecule has 0 aliphatic rings. The van der Waals surface area contributed by atoms with Crippen LogP contribution in [0, 0.1) is 6.92 Å². The molecule has 2 aromatic heterocycles. The molecule has 2 rings (SSSR count). The van der Waals surface area contributed by atoms with Gasteiger partial charge in [-0.3, -0.25) is 4.57 Å². The monoisotopic (exact) mass is 265 g/mol. The first-order valence-corrected chi connectivity index (χ1v) is 5.60. The maximum Gasteiger partial charge on any atom is 0.274 e. The van der Waals surface area contributed by atoms with E-state index in [-0.39, 0.29) is 6.29 Å². The molecule has 0 amide bonds. The molecule has 0 saturated carbocycles. The van der Waals surface area contributed by atoms with Gasteiger partial charge in [-0.25, -0.2) is 4.98 Å². The summed E-state index contributed by atoms with van der Waals surface area (Å²) < 4.78 is 11.7. The van der Waals surface area contributed by atoms with E-state index in [2.05, 4.69) is 30.7 Å². The van der Waals surface area contributed by atoms with Gasteiger partial charge in [-0.05, 0) is 6.92 Å². The summed E-state index contributed by atoms with van der Waals surface area (Å²) in [5, 5.41) is 18.6. The maximum absolute atomic E-state index is 5.02. The molecular formula is C10H15N7O2. The summed E-state index contributed by atoms with van der Waals surface area (Å²) in [5.41, 5.74) is 0.869. The van der Waals surface area contributed by atoms with Gasteiger partial charge in [-0.15, -0.1) is 20.4 Å². The second-order valence-corrected chi connectivity index (χ2v) is 3.73. The second-order valence-electron chi connectivity index (χ2n) is 3.73. The lowest BCUT2D eigenvalue weighted by molar-refractivity contribution is -0.0915. The number of imidazole rings is 1. The summed E-state index contributed by atoms with van der Waals surface area (Å²) in [6, 6.07) is 0. The van der Waals surface area contributed by atoms with Crippen LogP contribution in [-0.4, -0.2) is 57.0 Å². The van der Waals surface area contributed by atoms with Gasteiger partial charge in [0.05, 0.1) is 12.2 Å². The Morgan fingerprint density at radius 3 is 2.42 bits per heavy atom. The molecule has 9 heteroatoms. The molecule has 9 nitrogen and oxygen atoms in total. The lowest BCUT2D eigenvalue weighted by Crippen LogP contribution is -2.24. The zero-order valence-corrected chi connectivity index (χ0v) is 10.9. The molecule has 0 saturated heterocycles. The third-order valence-corrected chi connectivity index (χ3v) is 2.36. The Morgan fingerprint density at radius 1 is 1.21 bits per heavy atom. The molecule has 1 N–H and O–H groups in total. The van der Waals surface area contributed by atoms with Gasteiger partial charge in [0, 0.05) is 20.4 Å². The van der Waals surface area contributed by atoms with Crippen LogP contribution in [0.4, 0.5) is 5.95 Å². The minimum atomic E-state index is -0.375. The van der Waals surface area contributed by atoms with Crippen molar-refractivity contribution in [1.29, 1.82) is 0 Å². The Kier molecular flexibility index (Phi) is 4.31. The van der Waals surface area contributed by atoms with Crippen LogP contribution in [0.3, 0.4) is 0 Å². The quantitative estimate of drug-likeness (QED) is 0.716. The number of hydrogen-bond acceptors (Lipinski definition) is 8. The lowest BCUT2D eigenvalue weighted by atomic mass is 10.6. The smallest absolute Gasteiger partial charge is 0.274 e. The maximum atomic E-state index is 5.02. The number of hydrogen-bond donors (Lipinski definition) is 1. The predicted octanol–water partition coefficient (Wildman–Crippen LogP) is -0.208. The first kappa shape index (κ1) is 13.3. The fourth-order valence-electron chi connectivity index (χ4n) is 1.37. The second kappa shape index (κ2) is 6.16. The van der Waals surface area contributed by atoms with E-state index in [1.54, 1.807) is 31.3 Å². The van der Waals surface area contributed by atoms with E-state index in [9.17, 15) is 0 Å². The molecule has 0 atom stereocenters. The third-order valence-electron chi connectivity index (χ3n) is 2.36. The van der Waals surface area contributed by atoms with Crippen molar-refractivity contribution in [2.45, 2.75) is 13.2 Å². The SMILES string of the molecule is COC(CNc1nnc(-n2cnc(C)c2)nn1)OC. The van der Waals surface area contributed by atoms with E-state index in [0.717, 1.165) is 5.69 Å². The normalized spacial score (nSPS) is 10.9. The van der Waals surface area contributed by atoms with Crippen LogP contribution < -0.4 is 5.32 Å². The molecule has 102 valence electrons. The highest BCUT2D eigenvalue weighted by atomic mass is 16.7. The van der Waals surface area contributed by atoms with Crippen molar-refractivity contribution in [2.24, 2.45) is 0 Å². The number of aryl methyl sites for hydroxylation is 1. The predicted molar refractivity (Wildman–Crippen MR) is 65.8 cm³/mol. The summed E-state index contributed by atoms with van der Waals surface area (Å²) in [6.07, 6.45) is 3.02. The number of rotatable bonds is 6. The van der Waals surface area contributed by atoms with Crippen LogP contribution in [0.1, 0.15) is 5.69 Å². The number of methoxy groups -OCH3 is 2. The number of ether oxygens (including phenoxy) is 2. The van der Waals surface area contributed by atoms with Crippen LogP contribution in [0.25, 0.3) is 5.95 Å². The number of nitrogens with one attached hydrogen (secondary N) is 1. The highest BCUT2D eigenvalue weighted by molar-refractivity contribution is 5.21. The van der Waals surface area contributed by atoms with Gasteiger partial charge in [-0.2, -0.15) is 0 Å². The largest absolute Gasteiger partial charge is 0.354 e. The highest BCUT2D eigenvalue weighted by Crippen LogP contribution is 2.01. The third kappa shape index (κ3) is 3.42. The van der Waals surface area contributed by atoms with E-state index in [1.807, 2.05) is 6.92 Å². The van der Waals surface area contributed by atoms with E-state index >= 15 is 0 Å². The van der Waals surface area contributed by atoms with Crippen LogP contribution in [0.5, 0.6) is 0 Å². The molecule has 0 fully saturated rings. The Labute approximate surface area is 110 Å². The molecule has 0 bridgehead atoms. The van der Waals surface area contributed by atoms with Crippen molar-refractivity contribution in [1.82, 2.24) is 29.9 Å². The van der Waals surface area contributed by atoms with Crippen molar-refractivity contribution in [3.05, 3.63) is 18.2 Å². The minimum absolute atomic E-state index is 0.305. The summed E-state index contributed by atoms with van der Waals surface area (Å²) >= 11 is 0. The Hall–Kier alpha value is -2.13. The summed E-state index contributed by atoms with van der Waals surface area (Å²) in [4.78, 5) is 4.08. The van der Waals surface area contributed by atoms with Gasteiger partial charge in [-0.1, -0.05) is 0 Å². The Bertz CT molecular complexity index is 509. The summed E-state index contributed by atoms with van der Waals surface area (Å²) in [5.74, 6) is 0.667. The minimum Gasteiger partial charge on any atom is -0.354 e. The molecule has 0 spiro atoms. The molecule has 19 heavy (non-hydrogen) atoms. The van der Waals surface area contributed by atoms with Crippen molar-refractivity contribution in [3.63, 3.8) is 0 Å². The summed E-state index contributed by atoms with van der Waals surface area (Å²) in [7, 11) is 3.11. The molecule has 2 aromatic rings. The fourth-order valence-corrected chi connectivity index (χ4v) is 1.37. The average Bonchev–Trinajstić information content (AvgIpc) is 2.87. The highest BCUT2D eigenvalue weighted by Gasteiger charge is 2.07. The van der Waals surface area contributed by atoms with Crippen molar-refractivity contribution >= 4 is 5.95 Å². The molecular weight excluding hydrogens is 250 g/mol. The van der Waals surface area contributed by atoms with Crippen molar-refractivity contribution in [2.75, 3.05) is 26.1 Å². The molecule has 0 unspecified atom stereocenters.